The second-order valence-electron chi connectivity index (χ2n) is 7.79. The van der Waals surface area contributed by atoms with Crippen molar-refractivity contribution in [3.05, 3.63) is 46.5 Å². The van der Waals surface area contributed by atoms with Gasteiger partial charge in [-0.3, -0.25) is 4.79 Å². The average Bonchev–Trinajstić information content (AvgIpc) is 2.79. The van der Waals surface area contributed by atoms with Crippen LogP contribution in [0.25, 0.3) is 0 Å². The van der Waals surface area contributed by atoms with Gasteiger partial charge in [0.25, 0.3) is 5.91 Å². The fourth-order valence-electron chi connectivity index (χ4n) is 3.87. The second-order valence-corrected chi connectivity index (χ2v) is 8.19. The molecule has 0 bridgehead atoms. The third-order valence-corrected chi connectivity index (χ3v) is 6.15. The van der Waals surface area contributed by atoms with Crippen LogP contribution in [-0.4, -0.2) is 56.3 Å². The second kappa shape index (κ2) is 10.6. The Hall–Kier alpha value is -2.64. The molecule has 1 fully saturated rings. The zero-order valence-electron chi connectivity index (χ0n) is 18.0. The van der Waals surface area contributed by atoms with E-state index >= 15 is 0 Å². The van der Waals surface area contributed by atoms with Crippen LogP contribution in [0.2, 0.25) is 5.02 Å². The molecule has 0 saturated carbocycles. The number of methoxy groups -OCH3 is 2. The van der Waals surface area contributed by atoms with Gasteiger partial charge in [-0.05, 0) is 56.0 Å². The monoisotopic (exact) mass is 447 g/mol. The summed E-state index contributed by atoms with van der Waals surface area (Å²) in [6.45, 7) is 3.40. The molecule has 0 radical (unpaired) electrons. The zero-order valence-corrected chi connectivity index (χ0v) is 18.7. The fourth-order valence-corrected chi connectivity index (χ4v) is 4.04. The molecule has 1 aliphatic heterocycles. The number of rotatable bonds is 8. The number of nitrogen functional groups attached to an aromatic ring is 1. The molecule has 1 saturated heterocycles. The van der Waals surface area contributed by atoms with E-state index in [2.05, 4.69) is 10.2 Å². The SMILES string of the molecule is COc1cc(N)c(Cl)cc1C(=O)NCC1CCN(CCc2cccc(OC)c2O)CC1. The van der Waals surface area contributed by atoms with Gasteiger partial charge in [0.05, 0.1) is 30.5 Å². The first-order valence-electron chi connectivity index (χ1n) is 10.4. The third-order valence-electron chi connectivity index (χ3n) is 5.82. The van der Waals surface area contributed by atoms with Gasteiger partial charge in [0.1, 0.15) is 5.75 Å². The topological polar surface area (TPSA) is 97.0 Å². The molecule has 0 aliphatic carbocycles. The number of likely N-dealkylation sites (tertiary alicyclic amines) is 1. The number of anilines is 1. The van der Waals surface area contributed by atoms with Crippen LogP contribution in [0.3, 0.4) is 0 Å². The van der Waals surface area contributed by atoms with Crippen molar-refractivity contribution in [2.45, 2.75) is 19.3 Å². The van der Waals surface area contributed by atoms with Crippen molar-refractivity contribution in [3.63, 3.8) is 0 Å². The summed E-state index contributed by atoms with van der Waals surface area (Å²) in [5, 5.41) is 13.6. The minimum Gasteiger partial charge on any atom is -0.504 e. The summed E-state index contributed by atoms with van der Waals surface area (Å²) in [6, 6.07) is 8.69. The smallest absolute Gasteiger partial charge is 0.255 e. The fraction of sp³-hybridized carbons (Fsp3) is 0.435. The number of ether oxygens (including phenoxy) is 2. The van der Waals surface area contributed by atoms with Gasteiger partial charge in [0, 0.05) is 19.2 Å². The number of halogens is 1. The Labute approximate surface area is 188 Å². The van der Waals surface area contributed by atoms with E-state index in [1.54, 1.807) is 25.3 Å². The first-order chi connectivity index (χ1) is 14.9. The number of benzene rings is 2. The van der Waals surface area contributed by atoms with Crippen LogP contribution in [0.4, 0.5) is 5.69 Å². The first-order valence-corrected chi connectivity index (χ1v) is 10.8. The summed E-state index contributed by atoms with van der Waals surface area (Å²) in [5.74, 6) is 1.34. The molecule has 0 atom stereocenters. The highest BCUT2D eigenvalue weighted by molar-refractivity contribution is 6.33. The molecule has 168 valence electrons. The molecule has 8 heteroatoms. The predicted octanol–water partition coefficient (Wildman–Crippen LogP) is 3.33. The number of hydrogen-bond acceptors (Lipinski definition) is 6. The van der Waals surface area contributed by atoms with Crippen molar-refractivity contribution < 1.29 is 19.4 Å². The molecule has 1 heterocycles. The number of aromatic hydroxyl groups is 1. The molecular formula is C23H30ClN3O4. The van der Waals surface area contributed by atoms with E-state index in [4.69, 9.17) is 26.8 Å². The van der Waals surface area contributed by atoms with Crippen LogP contribution in [-0.2, 0) is 6.42 Å². The minimum absolute atomic E-state index is 0.213. The van der Waals surface area contributed by atoms with E-state index in [0.29, 0.717) is 40.2 Å². The standard InChI is InChI=1S/C23H30ClN3O4/c1-30-20-5-3-4-16(22(20)28)8-11-27-9-6-15(7-10-27)14-26-23(29)17-12-18(24)19(25)13-21(17)31-2/h3-5,12-13,15,28H,6-11,14,25H2,1-2H3,(H,26,29). The van der Waals surface area contributed by atoms with Crippen molar-refractivity contribution in [3.8, 4) is 17.2 Å². The van der Waals surface area contributed by atoms with Crippen molar-refractivity contribution in [2.24, 2.45) is 5.92 Å². The van der Waals surface area contributed by atoms with Crippen LogP contribution < -0.4 is 20.5 Å². The Morgan fingerprint density at radius 2 is 1.94 bits per heavy atom. The Kier molecular flexibility index (Phi) is 7.87. The van der Waals surface area contributed by atoms with E-state index in [9.17, 15) is 9.90 Å². The van der Waals surface area contributed by atoms with E-state index < -0.39 is 0 Å². The van der Waals surface area contributed by atoms with Gasteiger partial charge in [-0.2, -0.15) is 0 Å². The molecule has 7 nitrogen and oxygen atoms in total. The quantitative estimate of drug-likeness (QED) is 0.537. The molecule has 3 rings (SSSR count). The van der Waals surface area contributed by atoms with Crippen LogP contribution >= 0.6 is 11.6 Å². The average molecular weight is 448 g/mol. The molecular weight excluding hydrogens is 418 g/mol. The van der Waals surface area contributed by atoms with Crippen LogP contribution in [0, 0.1) is 5.92 Å². The lowest BCUT2D eigenvalue weighted by Gasteiger charge is -2.32. The molecule has 31 heavy (non-hydrogen) atoms. The number of para-hydroxylation sites is 1. The Morgan fingerprint density at radius 1 is 1.23 bits per heavy atom. The van der Waals surface area contributed by atoms with Crippen LogP contribution in [0.1, 0.15) is 28.8 Å². The Balaban J connectivity index is 1.46. The summed E-state index contributed by atoms with van der Waals surface area (Å²) >= 11 is 6.06. The number of carbonyl (C=O) groups excluding carboxylic acids is 1. The summed E-state index contributed by atoms with van der Waals surface area (Å²) in [6.07, 6.45) is 2.77. The summed E-state index contributed by atoms with van der Waals surface area (Å²) in [5.41, 5.74) is 7.44. The zero-order chi connectivity index (χ0) is 22.4. The molecule has 0 unspecified atom stereocenters. The lowest BCUT2D eigenvalue weighted by atomic mass is 9.96. The van der Waals surface area contributed by atoms with Gasteiger partial charge in [-0.25, -0.2) is 0 Å². The van der Waals surface area contributed by atoms with Gasteiger partial charge in [0.2, 0.25) is 0 Å². The van der Waals surface area contributed by atoms with Gasteiger partial charge in [-0.15, -0.1) is 0 Å². The van der Waals surface area contributed by atoms with E-state index in [-0.39, 0.29) is 11.7 Å². The largest absolute Gasteiger partial charge is 0.504 e. The molecule has 2 aromatic rings. The summed E-state index contributed by atoms with van der Waals surface area (Å²) in [7, 11) is 3.06. The van der Waals surface area contributed by atoms with E-state index in [1.807, 2.05) is 12.1 Å². The van der Waals surface area contributed by atoms with Crippen LogP contribution in [0.15, 0.2) is 30.3 Å². The highest BCUT2D eigenvalue weighted by Crippen LogP contribution is 2.30. The number of nitrogens with zero attached hydrogens (tertiary/aromatic N) is 1. The van der Waals surface area contributed by atoms with Gasteiger partial charge < -0.3 is 30.5 Å². The number of phenols is 1. The maximum absolute atomic E-state index is 12.6. The lowest BCUT2D eigenvalue weighted by molar-refractivity contribution is 0.0933. The predicted molar refractivity (Wildman–Crippen MR) is 122 cm³/mol. The molecule has 0 aromatic heterocycles. The molecule has 4 N–H and O–H groups in total. The lowest BCUT2D eigenvalue weighted by Crippen LogP contribution is -2.39. The minimum atomic E-state index is -0.213. The molecule has 1 aliphatic rings. The van der Waals surface area contributed by atoms with Gasteiger partial charge in [-0.1, -0.05) is 23.7 Å². The summed E-state index contributed by atoms with van der Waals surface area (Å²) in [4.78, 5) is 15.0. The number of hydrogen-bond donors (Lipinski definition) is 3. The number of piperidine rings is 1. The highest BCUT2D eigenvalue weighted by Gasteiger charge is 2.21. The molecule has 2 aromatic carbocycles. The normalized spacial score (nSPS) is 14.9. The van der Waals surface area contributed by atoms with Crippen molar-refractivity contribution in [1.29, 1.82) is 0 Å². The Morgan fingerprint density at radius 3 is 2.61 bits per heavy atom. The Bertz CT molecular complexity index is 914. The number of nitrogens with one attached hydrogen (secondary N) is 1. The van der Waals surface area contributed by atoms with Gasteiger partial charge in [0.15, 0.2) is 11.5 Å². The first kappa shape index (κ1) is 23.0. The van der Waals surface area contributed by atoms with Crippen molar-refractivity contribution in [1.82, 2.24) is 10.2 Å². The van der Waals surface area contributed by atoms with E-state index in [0.717, 1.165) is 44.5 Å². The number of phenolic OH excluding ortho intramolecular Hbond substituents is 1. The number of carbonyl (C=O) groups is 1. The summed E-state index contributed by atoms with van der Waals surface area (Å²) < 4.78 is 10.4. The van der Waals surface area contributed by atoms with E-state index in [1.165, 1.54) is 7.11 Å². The third kappa shape index (κ3) is 5.74. The maximum atomic E-state index is 12.6. The van der Waals surface area contributed by atoms with Crippen molar-refractivity contribution >= 4 is 23.2 Å². The van der Waals surface area contributed by atoms with Crippen LogP contribution in [0.5, 0.6) is 17.2 Å². The number of amides is 1. The maximum Gasteiger partial charge on any atom is 0.255 e. The van der Waals surface area contributed by atoms with Gasteiger partial charge >= 0.3 is 0 Å². The highest BCUT2D eigenvalue weighted by atomic mass is 35.5. The molecule has 0 spiro atoms. The van der Waals surface area contributed by atoms with Crippen molar-refractivity contribution in [2.75, 3.05) is 46.1 Å². The molecule has 1 amide bonds. The number of nitrogens with two attached hydrogens (primary N) is 1.